The Bertz CT molecular complexity index is 677. The summed E-state index contributed by atoms with van der Waals surface area (Å²) in [7, 11) is 0. The lowest BCUT2D eigenvalue weighted by molar-refractivity contribution is 0.0531. The molecule has 4 rings (SSSR count). The Morgan fingerprint density at radius 2 is 2.04 bits per heavy atom. The molecule has 2 aromatic heterocycles. The van der Waals surface area contributed by atoms with E-state index in [9.17, 15) is 0 Å². The van der Waals surface area contributed by atoms with Crippen molar-refractivity contribution in [2.24, 2.45) is 5.92 Å². The maximum Gasteiger partial charge on any atom is 0.163 e. The van der Waals surface area contributed by atoms with Crippen molar-refractivity contribution in [3.8, 4) is 11.4 Å². The van der Waals surface area contributed by atoms with Crippen molar-refractivity contribution >= 4 is 5.82 Å². The molecule has 0 N–H and O–H groups in total. The number of anilines is 1. The number of ether oxygens (including phenoxy) is 1. The van der Waals surface area contributed by atoms with E-state index in [4.69, 9.17) is 9.72 Å². The third kappa shape index (κ3) is 3.26. The van der Waals surface area contributed by atoms with E-state index < -0.39 is 0 Å². The molecule has 0 radical (unpaired) electrons. The smallest absolute Gasteiger partial charge is 0.163 e. The molecule has 5 nitrogen and oxygen atoms in total. The zero-order chi connectivity index (χ0) is 16.4. The number of nitrogens with zero attached hydrogens (tertiary/aromatic N) is 4. The largest absolute Gasteiger partial charge is 0.378 e. The molecule has 2 aliphatic heterocycles. The van der Waals surface area contributed by atoms with E-state index in [2.05, 4.69) is 20.9 Å². The first-order valence-corrected chi connectivity index (χ1v) is 8.92. The van der Waals surface area contributed by atoms with Gasteiger partial charge < -0.3 is 9.64 Å². The molecule has 2 saturated heterocycles. The molecule has 2 aliphatic rings. The molecule has 4 heterocycles. The van der Waals surface area contributed by atoms with Crippen LogP contribution >= 0.6 is 0 Å². The van der Waals surface area contributed by atoms with Crippen LogP contribution in [0.3, 0.4) is 0 Å². The van der Waals surface area contributed by atoms with Crippen molar-refractivity contribution in [3.63, 3.8) is 0 Å². The van der Waals surface area contributed by atoms with Crippen LogP contribution in [-0.2, 0) is 4.74 Å². The van der Waals surface area contributed by atoms with Crippen molar-refractivity contribution in [2.75, 3.05) is 24.6 Å². The van der Waals surface area contributed by atoms with E-state index >= 15 is 0 Å². The molecule has 2 fully saturated rings. The quantitative estimate of drug-likeness (QED) is 0.867. The van der Waals surface area contributed by atoms with Crippen molar-refractivity contribution < 1.29 is 4.74 Å². The summed E-state index contributed by atoms with van der Waals surface area (Å²) in [4.78, 5) is 15.9. The van der Waals surface area contributed by atoms with Crippen LogP contribution in [0.4, 0.5) is 5.82 Å². The second kappa shape index (κ2) is 6.85. The number of hydrogen-bond donors (Lipinski definition) is 0. The summed E-state index contributed by atoms with van der Waals surface area (Å²) < 4.78 is 5.88. The first kappa shape index (κ1) is 15.5. The number of aromatic nitrogens is 3. The Balaban J connectivity index is 1.49. The van der Waals surface area contributed by atoms with Crippen LogP contribution in [-0.4, -0.2) is 40.8 Å². The lowest BCUT2D eigenvalue weighted by Gasteiger charge is -2.35. The third-order valence-corrected chi connectivity index (χ3v) is 5.11. The number of aryl methyl sites for hydroxylation is 1. The highest BCUT2D eigenvalue weighted by Crippen LogP contribution is 2.31. The predicted octanol–water partition coefficient (Wildman–Crippen LogP) is 3.24. The van der Waals surface area contributed by atoms with Crippen LogP contribution in [0.2, 0.25) is 0 Å². The molecular weight excluding hydrogens is 300 g/mol. The first-order valence-electron chi connectivity index (χ1n) is 8.92. The molecule has 0 spiro atoms. The Labute approximate surface area is 143 Å². The second-order valence-corrected chi connectivity index (χ2v) is 6.81. The molecule has 0 amide bonds. The molecule has 0 saturated carbocycles. The predicted molar refractivity (Wildman–Crippen MR) is 93.9 cm³/mol. The fraction of sp³-hybridized carbons (Fsp3) is 0.526. The van der Waals surface area contributed by atoms with Crippen LogP contribution in [0.5, 0.6) is 0 Å². The van der Waals surface area contributed by atoms with Gasteiger partial charge in [0.2, 0.25) is 0 Å². The highest BCUT2D eigenvalue weighted by Gasteiger charge is 2.30. The SMILES string of the molecule is Cc1cc(N2CCC(C3CCCO3)CC2)nc(-c2cccnc2)n1. The Morgan fingerprint density at radius 3 is 2.75 bits per heavy atom. The average Bonchev–Trinajstić information content (AvgIpc) is 3.17. The number of piperidine rings is 1. The number of rotatable bonds is 3. The summed E-state index contributed by atoms with van der Waals surface area (Å²) in [6.07, 6.45) is 8.93. The molecule has 1 atom stereocenters. The molecule has 0 bridgehead atoms. The van der Waals surface area contributed by atoms with Gasteiger partial charge in [-0.25, -0.2) is 9.97 Å². The van der Waals surface area contributed by atoms with Gasteiger partial charge in [-0.1, -0.05) is 0 Å². The van der Waals surface area contributed by atoms with E-state index in [0.29, 0.717) is 12.0 Å². The number of hydrogen-bond acceptors (Lipinski definition) is 5. The number of pyridine rings is 1. The topological polar surface area (TPSA) is 51.1 Å². The van der Waals surface area contributed by atoms with E-state index in [-0.39, 0.29) is 0 Å². The first-order chi connectivity index (χ1) is 11.8. The Morgan fingerprint density at radius 1 is 1.17 bits per heavy atom. The molecule has 2 aromatic rings. The van der Waals surface area contributed by atoms with E-state index in [1.165, 1.54) is 25.7 Å². The van der Waals surface area contributed by atoms with Gasteiger partial charge in [0.1, 0.15) is 5.82 Å². The molecule has 24 heavy (non-hydrogen) atoms. The monoisotopic (exact) mass is 324 g/mol. The van der Waals surface area contributed by atoms with Crippen molar-refractivity contribution in [2.45, 2.75) is 38.7 Å². The van der Waals surface area contributed by atoms with Crippen LogP contribution in [0.1, 0.15) is 31.4 Å². The average molecular weight is 324 g/mol. The summed E-state index contributed by atoms with van der Waals surface area (Å²) >= 11 is 0. The highest BCUT2D eigenvalue weighted by molar-refractivity contribution is 5.56. The van der Waals surface area contributed by atoms with Gasteiger partial charge in [-0.15, -0.1) is 0 Å². The summed E-state index contributed by atoms with van der Waals surface area (Å²) in [5.74, 6) is 2.51. The minimum Gasteiger partial charge on any atom is -0.378 e. The zero-order valence-corrected chi connectivity index (χ0v) is 14.2. The lowest BCUT2D eigenvalue weighted by atomic mass is 9.90. The minimum absolute atomic E-state index is 0.491. The van der Waals surface area contributed by atoms with Gasteiger partial charge >= 0.3 is 0 Å². The second-order valence-electron chi connectivity index (χ2n) is 6.81. The summed E-state index contributed by atoms with van der Waals surface area (Å²) in [5.41, 5.74) is 1.97. The molecular formula is C19H24N4O. The third-order valence-electron chi connectivity index (χ3n) is 5.11. The van der Waals surface area contributed by atoms with Gasteiger partial charge in [0.25, 0.3) is 0 Å². The van der Waals surface area contributed by atoms with Crippen LogP contribution < -0.4 is 4.90 Å². The minimum atomic E-state index is 0.491. The fourth-order valence-electron chi connectivity index (χ4n) is 3.81. The molecule has 1 unspecified atom stereocenters. The van der Waals surface area contributed by atoms with E-state index in [1.807, 2.05) is 25.3 Å². The van der Waals surface area contributed by atoms with Crippen molar-refractivity contribution in [1.82, 2.24) is 15.0 Å². The Kier molecular flexibility index (Phi) is 4.43. The maximum atomic E-state index is 5.88. The highest BCUT2D eigenvalue weighted by atomic mass is 16.5. The van der Waals surface area contributed by atoms with Gasteiger partial charge in [0.15, 0.2) is 5.82 Å². The van der Waals surface area contributed by atoms with Gasteiger partial charge in [-0.3, -0.25) is 4.98 Å². The Hall–Kier alpha value is -2.01. The van der Waals surface area contributed by atoms with Crippen LogP contribution in [0.25, 0.3) is 11.4 Å². The van der Waals surface area contributed by atoms with E-state index in [1.54, 1.807) is 6.20 Å². The van der Waals surface area contributed by atoms with Gasteiger partial charge in [-0.05, 0) is 50.7 Å². The molecule has 126 valence electrons. The molecule has 5 heteroatoms. The fourth-order valence-corrected chi connectivity index (χ4v) is 3.81. The standard InChI is InChI=1S/C19H24N4O/c1-14-12-18(22-19(21-14)16-4-2-8-20-13-16)23-9-6-15(7-10-23)17-5-3-11-24-17/h2,4,8,12-13,15,17H,3,5-7,9-11H2,1H3. The van der Waals surface area contributed by atoms with E-state index in [0.717, 1.165) is 42.6 Å². The van der Waals surface area contributed by atoms with Gasteiger partial charge in [0.05, 0.1) is 6.10 Å². The molecule has 0 aliphatic carbocycles. The van der Waals surface area contributed by atoms with Crippen LogP contribution in [0.15, 0.2) is 30.6 Å². The summed E-state index contributed by atoms with van der Waals surface area (Å²) in [6.45, 7) is 5.08. The van der Waals surface area contributed by atoms with Gasteiger partial charge in [0, 0.05) is 49.4 Å². The maximum absolute atomic E-state index is 5.88. The lowest BCUT2D eigenvalue weighted by Crippen LogP contribution is -2.38. The molecule has 0 aromatic carbocycles. The van der Waals surface area contributed by atoms with Crippen LogP contribution in [0, 0.1) is 12.8 Å². The summed E-state index contributed by atoms with van der Waals surface area (Å²) in [6, 6.07) is 6.02. The van der Waals surface area contributed by atoms with Gasteiger partial charge in [-0.2, -0.15) is 0 Å². The normalized spacial score (nSPS) is 22.0. The summed E-state index contributed by atoms with van der Waals surface area (Å²) in [5, 5.41) is 0. The van der Waals surface area contributed by atoms with Crippen molar-refractivity contribution in [1.29, 1.82) is 0 Å². The van der Waals surface area contributed by atoms with Crippen molar-refractivity contribution in [3.05, 3.63) is 36.3 Å². The zero-order valence-electron chi connectivity index (χ0n) is 14.2.